The molecule has 106 valence electrons. The van der Waals surface area contributed by atoms with Gasteiger partial charge in [0.2, 0.25) is 10.0 Å². The molecule has 3 N–H and O–H groups in total. The van der Waals surface area contributed by atoms with E-state index < -0.39 is 16.1 Å². The second kappa shape index (κ2) is 5.35. The highest BCUT2D eigenvalue weighted by Gasteiger charge is 2.34. The molecular weight excluding hydrogens is 334 g/mol. The van der Waals surface area contributed by atoms with Crippen LogP contribution in [0.25, 0.3) is 0 Å². The van der Waals surface area contributed by atoms with Crippen LogP contribution in [0.1, 0.15) is 13.3 Å². The van der Waals surface area contributed by atoms with Crippen molar-refractivity contribution in [3.63, 3.8) is 0 Å². The van der Waals surface area contributed by atoms with E-state index in [-0.39, 0.29) is 23.2 Å². The standard InChI is InChI=1S/C11H16BrN3O3S/c1-7-6-15(3-2-9(7)16)19(17,18)10-4-8(12)5-14-11(10)13/h4-5,7,9,16H,2-3,6H2,1H3,(H2,13,14). The van der Waals surface area contributed by atoms with Crippen LogP contribution < -0.4 is 5.73 Å². The maximum Gasteiger partial charge on any atom is 0.246 e. The van der Waals surface area contributed by atoms with Crippen LogP contribution in [0.4, 0.5) is 5.82 Å². The van der Waals surface area contributed by atoms with Gasteiger partial charge in [-0.2, -0.15) is 4.31 Å². The fourth-order valence-corrected chi connectivity index (χ4v) is 4.22. The number of hydrogen-bond donors (Lipinski definition) is 2. The van der Waals surface area contributed by atoms with Crippen molar-refractivity contribution < 1.29 is 13.5 Å². The summed E-state index contributed by atoms with van der Waals surface area (Å²) in [7, 11) is -3.67. The molecule has 0 saturated carbocycles. The first-order valence-corrected chi connectivity index (χ1v) is 8.15. The molecule has 0 aromatic carbocycles. The second-order valence-electron chi connectivity index (χ2n) is 4.73. The van der Waals surface area contributed by atoms with Crippen molar-refractivity contribution in [2.45, 2.75) is 24.3 Å². The van der Waals surface area contributed by atoms with Crippen molar-refractivity contribution in [3.8, 4) is 0 Å². The Hall–Kier alpha value is -0.700. The molecule has 0 bridgehead atoms. The molecule has 2 heterocycles. The van der Waals surface area contributed by atoms with Gasteiger partial charge in [0.05, 0.1) is 6.10 Å². The number of halogens is 1. The zero-order valence-electron chi connectivity index (χ0n) is 10.5. The van der Waals surface area contributed by atoms with Gasteiger partial charge in [-0.25, -0.2) is 13.4 Å². The average molecular weight is 350 g/mol. The molecule has 6 nitrogen and oxygen atoms in total. The molecule has 19 heavy (non-hydrogen) atoms. The lowest BCUT2D eigenvalue weighted by molar-refractivity contribution is 0.0629. The summed E-state index contributed by atoms with van der Waals surface area (Å²) in [5.41, 5.74) is 5.66. The highest BCUT2D eigenvalue weighted by molar-refractivity contribution is 9.10. The number of nitrogen functional groups attached to an aromatic ring is 1. The molecule has 1 fully saturated rings. The fraction of sp³-hybridized carbons (Fsp3) is 0.545. The SMILES string of the molecule is CC1CN(S(=O)(=O)c2cc(Br)cnc2N)CCC1O. The number of nitrogens with two attached hydrogens (primary N) is 1. The number of piperidine rings is 1. The van der Waals surface area contributed by atoms with Crippen LogP contribution in [-0.2, 0) is 10.0 Å². The molecule has 1 aromatic rings. The van der Waals surface area contributed by atoms with Crippen LogP contribution in [0.15, 0.2) is 21.6 Å². The van der Waals surface area contributed by atoms with Crippen molar-refractivity contribution >= 4 is 31.8 Å². The van der Waals surface area contributed by atoms with E-state index in [0.29, 0.717) is 17.4 Å². The molecule has 8 heteroatoms. The van der Waals surface area contributed by atoms with Crippen LogP contribution >= 0.6 is 15.9 Å². The van der Waals surface area contributed by atoms with Crippen LogP contribution in [0.3, 0.4) is 0 Å². The third kappa shape index (κ3) is 2.91. The summed E-state index contributed by atoms with van der Waals surface area (Å²) < 4.78 is 26.9. The zero-order chi connectivity index (χ0) is 14.2. The number of rotatable bonds is 2. The number of nitrogens with zero attached hydrogens (tertiary/aromatic N) is 2. The van der Waals surface area contributed by atoms with Crippen molar-refractivity contribution in [3.05, 3.63) is 16.7 Å². The average Bonchev–Trinajstić information content (AvgIpc) is 2.35. The van der Waals surface area contributed by atoms with E-state index in [1.54, 1.807) is 0 Å². The van der Waals surface area contributed by atoms with Crippen LogP contribution in [0, 0.1) is 5.92 Å². The summed E-state index contributed by atoms with van der Waals surface area (Å²) in [4.78, 5) is 3.85. The Balaban J connectivity index is 2.35. The summed E-state index contributed by atoms with van der Waals surface area (Å²) in [6.45, 7) is 2.41. The third-order valence-electron chi connectivity index (χ3n) is 3.29. The molecule has 2 unspecified atom stereocenters. The lowest BCUT2D eigenvalue weighted by Gasteiger charge is -2.33. The van der Waals surface area contributed by atoms with Gasteiger partial charge in [0, 0.05) is 23.8 Å². The monoisotopic (exact) mass is 349 g/mol. The molecule has 1 saturated heterocycles. The molecule has 0 radical (unpaired) electrons. The Morgan fingerprint density at radius 3 is 2.89 bits per heavy atom. The maximum absolute atomic E-state index is 12.5. The Morgan fingerprint density at radius 2 is 2.26 bits per heavy atom. The number of aromatic nitrogens is 1. The summed E-state index contributed by atoms with van der Waals surface area (Å²) in [5.74, 6) is -0.105. The molecule has 2 atom stereocenters. The predicted molar refractivity (Wildman–Crippen MR) is 74.9 cm³/mol. The largest absolute Gasteiger partial charge is 0.393 e. The van der Waals surface area contributed by atoms with Gasteiger partial charge in [-0.1, -0.05) is 6.92 Å². The van der Waals surface area contributed by atoms with Crippen molar-refractivity contribution in [1.82, 2.24) is 9.29 Å². The van der Waals surface area contributed by atoms with Crippen LogP contribution in [-0.4, -0.2) is 42.0 Å². The highest BCUT2D eigenvalue weighted by Crippen LogP contribution is 2.27. The quantitative estimate of drug-likeness (QED) is 0.823. The molecule has 0 aliphatic carbocycles. The number of aliphatic hydroxyl groups excluding tert-OH is 1. The number of anilines is 1. The van der Waals surface area contributed by atoms with E-state index in [1.165, 1.54) is 16.6 Å². The van der Waals surface area contributed by atoms with Crippen molar-refractivity contribution in [2.75, 3.05) is 18.8 Å². The van der Waals surface area contributed by atoms with E-state index in [1.807, 2.05) is 6.92 Å². The second-order valence-corrected chi connectivity index (χ2v) is 7.56. The molecule has 0 spiro atoms. The number of aliphatic hydroxyl groups is 1. The van der Waals surface area contributed by atoms with Crippen LogP contribution in [0.5, 0.6) is 0 Å². The predicted octanol–water partition coefficient (Wildman–Crippen LogP) is 0.818. The Labute approximate surface area is 120 Å². The van der Waals surface area contributed by atoms with Crippen molar-refractivity contribution in [2.24, 2.45) is 5.92 Å². The van der Waals surface area contributed by atoms with Gasteiger partial charge >= 0.3 is 0 Å². The minimum Gasteiger partial charge on any atom is -0.393 e. The molecule has 2 rings (SSSR count). The minimum absolute atomic E-state index is 0.00506. The van der Waals surface area contributed by atoms with E-state index >= 15 is 0 Å². The summed E-state index contributed by atoms with van der Waals surface area (Å²) in [6.07, 6.45) is 1.43. The Morgan fingerprint density at radius 1 is 1.58 bits per heavy atom. The topological polar surface area (TPSA) is 96.5 Å². The third-order valence-corrected chi connectivity index (χ3v) is 5.62. The summed E-state index contributed by atoms with van der Waals surface area (Å²) in [5, 5.41) is 9.66. The van der Waals surface area contributed by atoms with E-state index in [2.05, 4.69) is 20.9 Å². The smallest absolute Gasteiger partial charge is 0.246 e. The van der Waals surface area contributed by atoms with E-state index in [4.69, 9.17) is 5.73 Å². The van der Waals surface area contributed by atoms with Gasteiger partial charge in [-0.15, -0.1) is 0 Å². The van der Waals surface area contributed by atoms with Gasteiger partial charge in [-0.3, -0.25) is 0 Å². The number of pyridine rings is 1. The molecule has 1 aliphatic rings. The minimum atomic E-state index is -3.67. The van der Waals surface area contributed by atoms with Crippen molar-refractivity contribution in [1.29, 1.82) is 0 Å². The Kier molecular flexibility index (Phi) is 4.14. The molecule has 1 aliphatic heterocycles. The lowest BCUT2D eigenvalue weighted by Crippen LogP contribution is -2.45. The van der Waals surface area contributed by atoms with Gasteiger partial charge in [-0.05, 0) is 34.3 Å². The van der Waals surface area contributed by atoms with Gasteiger partial charge < -0.3 is 10.8 Å². The maximum atomic E-state index is 12.5. The Bertz CT molecular complexity index is 579. The van der Waals surface area contributed by atoms with E-state index in [0.717, 1.165) is 0 Å². The number of hydrogen-bond acceptors (Lipinski definition) is 5. The fourth-order valence-electron chi connectivity index (χ4n) is 2.09. The first-order chi connectivity index (χ1) is 8.82. The first kappa shape index (κ1) is 14.7. The lowest BCUT2D eigenvalue weighted by atomic mass is 9.99. The van der Waals surface area contributed by atoms with Crippen LogP contribution in [0.2, 0.25) is 0 Å². The molecule has 0 amide bonds. The molecular formula is C11H16BrN3O3S. The molecule has 1 aromatic heterocycles. The summed E-state index contributed by atoms with van der Waals surface area (Å²) >= 11 is 3.19. The summed E-state index contributed by atoms with van der Waals surface area (Å²) in [6, 6.07) is 1.45. The van der Waals surface area contributed by atoms with Gasteiger partial charge in [0.25, 0.3) is 0 Å². The first-order valence-electron chi connectivity index (χ1n) is 5.91. The van der Waals surface area contributed by atoms with Gasteiger partial charge in [0.1, 0.15) is 10.7 Å². The normalized spacial score (nSPS) is 25.4. The van der Waals surface area contributed by atoms with E-state index in [9.17, 15) is 13.5 Å². The number of sulfonamides is 1. The highest BCUT2D eigenvalue weighted by atomic mass is 79.9. The van der Waals surface area contributed by atoms with Gasteiger partial charge in [0.15, 0.2) is 0 Å². The zero-order valence-corrected chi connectivity index (χ0v) is 12.9.